The van der Waals surface area contributed by atoms with Gasteiger partial charge in [-0.2, -0.15) is 5.26 Å². The number of nitrogens with one attached hydrogen (secondary N) is 1. The zero-order chi connectivity index (χ0) is 14.1. The average molecular weight is 289 g/mol. The molecule has 2 aromatic rings. The Morgan fingerprint density at radius 1 is 1.55 bits per heavy atom. The van der Waals surface area contributed by atoms with Crippen molar-refractivity contribution >= 4 is 28.5 Å². The molecular weight excluding hydrogens is 276 g/mol. The number of fused-ring (bicyclic) bond motifs is 1. The smallest absolute Gasteiger partial charge is 0.222 e. The van der Waals surface area contributed by atoms with E-state index in [1.54, 1.807) is 6.07 Å². The van der Waals surface area contributed by atoms with Gasteiger partial charge in [0.25, 0.3) is 0 Å². The number of benzene rings is 1. The highest BCUT2D eigenvalue weighted by Crippen LogP contribution is 2.27. The van der Waals surface area contributed by atoms with E-state index in [1.165, 1.54) is 0 Å². The van der Waals surface area contributed by atoms with Gasteiger partial charge in [0.1, 0.15) is 17.4 Å². The Bertz CT molecular complexity index is 716. The average Bonchev–Trinajstić information content (AvgIpc) is 3.01. The van der Waals surface area contributed by atoms with Gasteiger partial charge in [0.2, 0.25) is 5.91 Å². The molecule has 0 spiro atoms. The second-order valence-electron chi connectivity index (χ2n) is 4.78. The predicted octanol–water partition coefficient (Wildman–Crippen LogP) is 1.75. The minimum Gasteiger partial charge on any atom is -0.354 e. The van der Waals surface area contributed by atoms with Gasteiger partial charge >= 0.3 is 0 Å². The number of hydrogen-bond donors (Lipinski definition) is 1. The van der Waals surface area contributed by atoms with Crippen molar-refractivity contribution in [2.45, 2.75) is 18.9 Å². The zero-order valence-electron chi connectivity index (χ0n) is 10.8. The van der Waals surface area contributed by atoms with Crippen molar-refractivity contribution in [3.63, 3.8) is 0 Å². The van der Waals surface area contributed by atoms with Gasteiger partial charge in [-0.25, -0.2) is 4.98 Å². The number of alkyl halides is 1. The lowest BCUT2D eigenvalue weighted by atomic mass is 10.2. The second kappa shape index (κ2) is 5.14. The fourth-order valence-electron chi connectivity index (χ4n) is 2.70. The SMILES string of the molecule is N#Cc1cccc2c1nc(CCCl)n2C1CNC(=O)C1. The maximum absolute atomic E-state index is 11.5. The van der Waals surface area contributed by atoms with E-state index in [2.05, 4.69) is 20.9 Å². The number of aryl methyl sites for hydroxylation is 1. The number of carbonyl (C=O) groups excluding carboxylic acids is 1. The van der Waals surface area contributed by atoms with E-state index in [0.29, 0.717) is 36.3 Å². The van der Waals surface area contributed by atoms with Crippen LogP contribution in [0.4, 0.5) is 0 Å². The molecule has 0 radical (unpaired) electrons. The maximum atomic E-state index is 11.5. The summed E-state index contributed by atoms with van der Waals surface area (Å²) in [6.07, 6.45) is 1.06. The Kier molecular flexibility index (Phi) is 3.33. The first kappa shape index (κ1) is 12.9. The maximum Gasteiger partial charge on any atom is 0.222 e. The van der Waals surface area contributed by atoms with Crippen molar-refractivity contribution in [1.82, 2.24) is 14.9 Å². The van der Waals surface area contributed by atoms with Crippen LogP contribution in [0.3, 0.4) is 0 Å². The summed E-state index contributed by atoms with van der Waals surface area (Å²) in [5, 5.41) is 12.0. The monoisotopic (exact) mass is 288 g/mol. The van der Waals surface area contributed by atoms with Crippen LogP contribution in [0, 0.1) is 11.3 Å². The summed E-state index contributed by atoms with van der Waals surface area (Å²) in [5.41, 5.74) is 2.13. The third-order valence-electron chi connectivity index (χ3n) is 3.55. The summed E-state index contributed by atoms with van der Waals surface area (Å²) in [7, 11) is 0. The number of amides is 1. The molecule has 1 N–H and O–H groups in total. The molecule has 1 fully saturated rings. The summed E-state index contributed by atoms with van der Waals surface area (Å²) in [5.74, 6) is 1.34. The third kappa shape index (κ3) is 2.02. The number of para-hydroxylation sites is 1. The van der Waals surface area contributed by atoms with Gasteiger partial charge in [-0.1, -0.05) is 6.07 Å². The predicted molar refractivity (Wildman–Crippen MR) is 75.5 cm³/mol. The fourth-order valence-corrected chi connectivity index (χ4v) is 2.87. The quantitative estimate of drug-likeness (QED) is 0.875. The number of hydrogen-bond acceptors (Lipinski definition) is 3. The first-order valence-electron chi connectivity index (χ1n) is 6.47. The Morgan fingerprint density at radius 3 is 3.05 bits per heavy atom. The van der Waals surface area contributed by atoms with Crippen LogP contribution in [0.2, 0.25) is 0 Å². The van der Waals surface area contributed by atoms with E-state index in [9.17, 15) is 10.1 Å². The van der Waals surface area contributed by atoms with E-state index >= 15 is 0 Å². The number of rotatable bonds is 3. The molecule has 0 saturated carbocycles. The topological polar surface area (TPSA) is 70.7 Å². The standard InChI is InChI=1S/C14H13ClN4O/c15-5-4-12-18-14-9(7-16)2-1-3-11(14)19(12)10-6-13(20)17-8-10/h1-3,10H,4-6,8H2,(H,17,20). The van der Waals surface area contributed by atoms with Crippen LogP contribution in [0.1, 0.15) is 23.9 Å². The molecule has 1 aliphatic heterocycles. The van der Waals surface area contributed by atoms with E-state index < -0.39 is 0 Å². The highest BCUT2D eigenvalue weighted by atomic mass is 35.5. The summed E-state index contributed by atoms with van der Waals surface area (Å²) >= 11 is 5.84. The van der Waals surface area contributed by atoms with E-state index in [4.69, 9.17) is 11.6 Å². The number of nitriles is 1. The molecule has 20 heavy (non-hydrogen) atoms. The molecule has 2 heterocycles. The molecule has 1 atom stereocenters. The van der Waals surface area contributed by atoms with Crippen LogP contribution in [0.25, 0.3) is 11.0 Å². The van der Waals surface area contributed by atoms with Crippen LogP contribution < -0.4 is 5.32 Å². The van der Waals surface area contributed by atoms with Crippen molar-refractivity contribution in [2.75, 3.05) is 12.4 Å². The molecule has 5 nitrogen and oxygen atoms in total. The van der Waals surface area contributed by atoms with Crippen molar-refractivity contribution in [2.24, 2.45) is 0 Å². The molecule has 6 heteroatoms. The summed E-state index contributed by atoms with van der Waals surface area (Å²) < 4.78 is 2.05. The van der Waals surface area contributed by atoms with Gasteiger partial charge in [-0.3, -0.25) is 4.79 Å². The highest BCUT2D eigenvalue weighted by molar-refractivity contribution is 6.17. The van der Waals surface area contributed by atoms with Crippen LogP contribution in [-0.4, -0.2) is 27.9 Å². The van der Waals surface area contributed by atoms with Gasteiger partial charge in [-0.05, 0) is 12.1 Å². The van der Waals surface area contributed by atoms with Gasteiger partial charge in [0, 0.05) is 25.3 Å². The number of halogens is 1. The van der Waals surface area contributed by atoms with Gasteiger partial charge in [0.05, 0.1) is 17.1 Å². The Hall–Kier alpha value is -2.06. The highest BCUT2D eigenvalue weighted by Gasteiger charge is 2.27. The van der Waals surface area contributed by atoms with E-state index in [1.807, 2.05) is 12.1 Å². The number of imidazole rings is 1. The first-order chi connectivity index (χ1) is 9.74. The van der Waals surface area contributed by atoms with Crippen molar-refractivity contribution in [1.29, 1.82) is 5.26 Å². The molecule has 1 aromatic heterocycles. The molecule has 1 aromatic carbocycles. The normalized spacial score (nSPS) is 18.2. The number of carbonyl (C=O) groups is 1. The zero-order valence-corrected chi connectivity index (χ0v) is 11.5. The minimum absolute atomic E-state index is 0.0414. The summed E-state index contributed by atoms with van der Waals surface area (Å²) in [6.45, 7) is 0.594. The molecular formula is C14H13ClN4O. The molecule has 1 unspecified atom stereocenters. The molecule has 1 saturated heterocycles. The van der Waals surface area contributed by atoms with Crippen molar-refractivity contribution in [3.05, 3.63) is 29.6 Å². The molecule has 1 amide bonds. The van der Waals surface area contributed by atoms with Crippen molar-refractivity contribution in [3.8, 4) is 6.07 Å². The molecule has 0 bridgehead atoms. The van der Waals surface area contributed by atoms with E-state index in [-0.39, 0.29) is 11.9 Å². The van der Waals surface area contributed by atoms with Gasteiger partial charge in [-0.15, -0.1) is 11.6 Å². The van der Waals surface area contributed by atoms with Crippen molar-refractivity contribution < 1.29 is 4.79 Å². The molecule has 1 aliphatic rings. The fraction of sp³-hybridized carbons (Fsp3) is 0.357. The first-order valence-corrected chi connectivity index (χ1v) is 7.00. The van der Waals surface area contributed by atoms with E-state index in [0.717, 1.165) is 11.3 Å². The van der Waals surface area contributed by atoms with Crippen LogP contribution in [0.15, 0.2) is 18.2 Å². The molecule has 0 aliphatic carbocycles. The van der Waals surface area contributed by atoms with Gasteiger partial charge < -0.3 is 9.88 Å². The lowest BCUT2D eigenvalue weighted by molar-refractivity contribution is -0.119. The molecule has 3 rings (SSSR count). The lowest BCUT2D eigenvalue weighted by Gasteiger charge is -2.14. The lowest BCUT2D eigenvalue weighted by Crippen LogP contribution is -2.17. The molecule has 102 valence electrons. The third-order valence-corrected chi connectivity index (χ3v) is 3.74. The summed E-state index contributed by atoms with van der Waals surface area (Å²) in [6, 6.07) is 7.73. The Labute approximate surface area is 121 Å². The number of aromatic nitrogens is 2. The van der Waals surface area contributed by atoms with Crippen LogP contribution in [-0.2, 0) is 11.2 Å². The second-order valence-corrected chi connectivity index (χ2v) is 5.16. The minimum atomic E-state index is 0.0414. The number of nitrogens with zero attached hydrogens (tertiary/aromatic N) is 3. The Balaban J connectivity index is 2.19. The van der Waals surface area contributed by atoms with Gasteiger partial charge in [0.15, 0.2) is 0 Å². The van der Waals surface area contributed by atoms with Crippen LogP contribution >= 0.6 is 11.6 Å². The Morgan fingerprint density at radius 2 is 2.40 bits per heavy atom. The summed E-state index contributed by atoms with van der Waals surface area (Å²) in [4.78, 5) is 16.0. The largest absolute Gasteiger partial charge is 0.354 e. The van der Waals surface area contributed by atoms with Crippen LogP contribution in [0.5, 0.6) is 0 Å².